The molecule has 0 bridgehead atoms. The molecule has 158 valence electrons. The lowest BCUT2D eigenvalue weighted by Gasteiger charge is -2.12. The van der Waals surface area contributed by atoms with Crippen molar-refractivity contribution in [3.63, 3.8) is 0 Å². The van der Waals surface area contributed by atoms with Gasteiger partial charge in [0.1, 0.15) is 10.7 Å². The number of aromatic nitrogens is 1. The summed E-state index contributed by atoms with van der Waals surface area (Å²) >= 11 is 6.02. The van der Waals surface area contributed by atoms with Crippen LogP contribution in [0.2, 0.25) is 5.15 Å². The minimum atomic E-state index is -4.58. The van der Waals surface area contributed by atoms with Gasteiger partial charge < -0.3 is 10.6 Å². The molecule has 0 spiro atoms. The number of amides is 2. The predicted octanol–water partition coefficient (Wildman–Crippen LogP) is 5.41. The number of carbonyl (C=O) groups excluding carboxylic acids is 2. The van der Waals surface area contributed by atoms with E-state index in [1.807, 2.05) is 0 Å². The Morgan fingerprint density at radius 1 is 0.871 bits per heavy atom. The lowest BCUT2D eigenvalue weighted by molar-refractivity contribution is -0.137. The molecule has 0 saturated carbocycles. The van der Waals surface area contributed by atoms with Crippen molar-refractivity contribution in [2.45, 2.75) is 6.18 Å². The third-order valence-corrected chi connectivity index (χ3v) is 4.37. The van der Waals surface area contributed by atoms with Crippen LogP contribution in [0.1, 0.15) is 11.1 Å². The first-order valence-corrected chi connectivity index (χ1v) is 9.29. The molecule has 0 saturated heterocycles. The van der Waals surface area contributed by atoms with Crippen LogP contribution in [0.5, 0.6) is 0 Å². The summed E-state index contributed by atoms with van der Waals surface area (Å²) in [6.07, 6.45) is -1.92. The van der Waals surface area contributed by atoms with Crippen LogP contribution < -0.4 is 10.6 Å². The van der Waals surface area contributed by atoms with Gasteiger partial charge in [0.2, 0.25) is 0 Å². The van der Waals surface area contributed by atoms with Gasteiger partial charge in [0.25, 0.3) is 11.8 Å². The number of para-hydroxylation sites is 1. The molecule has 2 aromatic carbocycles. The molecule has 0 aliphatic rings. The molecule has 3 rings (SSSR count). The van der Waals surface area contributed by atoms with E-state index < -0.39 is 23.6 Å². The maximum atomic E-state index is 13.0. The van der Waals surface area contributed by atoms with Crippen molar-refractivity contribution in [3.8, 4) is 0 Å². The number of nitrogens with zero attached hydrogens (tertiary/aromatic N) is 1. The van der Waals surface area contributed by atoms with Crippen LogP contribution in [-0.4, -0.2) is 16.8 Å². The fourth-order valence-corrected chi connectivity index (χ4v) is 2.76. The second kappa shape index (κ2) is 9.44. The Balaban J connectivity index is 1.93. The molecular weight excluding hydrogens is 431 g/mol. The largest absolute Gasteiger partial charge is 0.416 e. The summed E-state index contributed by atoms with van der Waals surface area (Å²) in [4.78, 5) is 29.5. The maximum absolute atomic E-state index is 13.0. The van der Waals surface area contributed by atoms with Crippen LogP contribution >= 0.6 is 11.6 Å². The van der Waals surface area contributed by atoms with Crippen LogP contribution in [-0.2, 0) is 15.8 Å². The molecule has 0 radical (unpaired) electrons. The SMILES string of the molecule is O=C(Nc1ccccc1)/C(=C\c1cccnc1Cl)C(=O)Nc1cccc(C(F)(F)F)c1. The van der Waals surface area contributed by atoms with Gasteiger partial charge in [-0.25, -0.2) is 4.98 Å². The number of halogens is 4. The highest BCUT2D eigenvalue weighted by atomic mass is 35.5. The minimum absolute atomic E-state index is 0.0550. The highest BCUT2D eigenvalue weighted by Crippen LogP contribution is 2.30. The van der Waals surface area contributed by atoms with Crippen LogP contribution in [0, 0.1) is 0 Å². The van der Waals surface area contributed by atoms with Gasteiger partial charge in [-0.15, -0.1) is 0 Å². The highest BCUT2D eigenvalue weighted by Gasteiger charge is 2.30. The van der Waals surface area contributed by atoms with Crippen molar-refractivity contribution in [1.82, 2.24) is 4.98 Å². The average Bonchev–Trinajstić information content (AvgIpc) is 2.73. The molecule has 0 aliphatic carbocycles. The van der Waals surface area contributed by atoms with Gasteiger partial charge in [-0.1, -0.05) is 41.9 Å². The Bertz CT molecular complexity index is 1130. The molecule has 0 atom stereocenters. The van der Waals surface area contributed by atoms with E-state index in [0.29, 0.717) is 11.3 Å². The molecule has 5 nitrogen and oxygen atoms in total. The van der Waals surface area contributed by atoms with Crippen molar-refractivity contribution in [2.75, 3.05) is 10.6 Å². The fraction of sp³-hybridized carbons (Fsp3) is 0.0455. The second-order valence-electron chi connectivity index (χ2n) is 6.29. The molecule has 31 heavy (non-hydrogen) atoms. The number of benzene rings is 2. The van der Waals surface area contributed by atoms with E-state index in [9.17, 15) is 22.8 Å². The standard InChI is InChI=1S/C22H15ClF3N3O2/c23-19-14(6-5-11-27-19)12-18(20(30)28-16-8-2-1-3-9-16)21(31)29-17-10-4-7-15(13-17)22(24,25)26/h1-13H,(H,28,30)(H,29,31)/b18-12+. The summed E-state index contributed by atoms with van der Waals surface area (Å²) in [5.74, 6) is -1.68. The number of rotatable bonds is 5. The predicted molar refractivity (Wildman–Crippen MR) is 112 cm³/mol. The smallest absolute Gasteiger partial charge is 0.322 e. The molecule has 0 fully saturated rings. The van der Waals surface area contributed by atoms with Crippen LogP contribution in [0.25, 0.3) is 6.08 Å². The number of nitrogens with one attached hydrogen (secondary N) is 2. The van der Waals surface area contributed by atoms with E-state index in [4.69, 9.17) is 11.6 Å². The molecule has 1 heterocycles. The van der Waals surface area contributed by atoms with E-state index >= 15 is 0 Å². The molecule has 0 unspecified atom stereocenters. The minimum Gasteiger partial charge on any atom is -0.322 e. The first-order valence-electron chi connectivity index (χ1n) is 8.91. The average molecular weight is 446 g/mol. The van der Waals surface area contributed by atoms with Gasteiger partial charge in [0.15, 0.2) is 0 Å². The fourth-order valence-electron chi connectivity index (χ4n) is 2.59. The summed E-state index contributed by atoms with van der Waals surface area (Å²) in [6.45, 7) is 0. The molecule has 2 amide bonds. The van der Waals surface area contributed by atoms with Gasteiger partial charge in [-0.3, -0.25) is 9.59 Å². The van der Waals surface area contributed by atoms with Crippen molar-refractivity contribution in [3.05, 3.63) is 94.8 Å². The first-order chi connectivity index (χ1) is 14.7. The van der Waals surface area contributed by atoms with Crippen LogP contribution in [0.4, 0.5) is 24.5 Å². The lowest BCUT2D eigenvalue weighted by Crippen LogP contribution is -2.25. The molecule has 9 heteroatoms. The summed E-state index contributed by atoms with van der Waals surface area (Å²) < 4.78 is 38.9. The summed E-state index contributed by atoms with van der Waals surface area (Å²) in [6, 6.07) is 15.6. The second-order valence-corrected chi connectivity index (χ2v) is 6.65. The molecule has 3 aromatic rings. The highest BCUT2D eigenvalue weighted by molar-refractivity contribution is 6.32. The molecule has 1 aromatic heterocycles. The van der Waals surface area contributed by atoms with Gasteiger partial charge in [-0.05, 0) is 42.5 Å². The van der Waals surface area contributed by atoms with E-state index in [-0.39, 0.29) is 16.4 Å². The van der Waals surface area contributed by atoms with E-state index in [2.05, 4.69) is 15.6 Å². The van der Waals surface area contributed by atoms with Gasteiger partial charge in [-0.2, -0.15) is 13.2 Å². The molecular formula is C22H15ClF3N3O2. The van der Waals surface area contributed by atoms with Gasteiger partial charge in [0.05, 0.1) is 5.56 Å². The quantitative estimate of drug-likeness (QED) is 0.238. The Morgan fingerprint density at radius 2 is 1.52 bits per heavy atom. The van der Waals surface area contributed by atoms with E-state index in [1.54, 1.807) is 42.5 Å². The molecule has 2 N–H and O–H groups in total. The normalized spacial score (nSPS) is 11.7. The number of carbonyl (C=O) groups is 2. The zero-order chi connectivity index (χ0) is 22.4. The Kier molecular flexibility index (Phi) is 6.71. The monoisotopic (exact) mass is 445 g/mol. The maximum Gasteiger partial charge on any atom is 0.416 e. The number of pyridine rings is 1. The third-order valence-electron chi connectivity index (χ3n) is 4.06. The van der Waals surface area contributed by atoms with Gasteiger partial charge in [0, 0.05) is 23.1 Å². The van der Waals surface area contributed by atoms with Crippen LogP contribution in [0.3, 0.4) is 0 Å². The zero-order valence-electron chi connectivity index (χ0n) is 15.8. The van der Waals surface area contributed by atoms with Crippen LogP contribution in [0.15, 0.2) is 78.5 Å². The third kappa shape index (κ3) is 5.93. The van der Waals surface area contributed by atoms with Crippen molar-refractivity contribution in [1.29, 1.82) is 0 Å². The van der Waals surface area contributed by atoms with E-state index in [0.717, 1.165) is 18.2 Å². The lowest BCUT2D eigenvalue weighted by atomic mass is 10.1. The number of anilines is 2. The number of alkyl halides is 3. The van der Waals surface area contributed by atoms with Gasteiger partial charge >= 0.3 is 6.18 Å². The number of hydrogen-bond donors (Lipinski definition) is 2. The Hall–Kier alpha value is -3.65. The summed E-state index contributed by atoms with van der Waals surface area (Å²) in [5, 5.41) is 4.96. The van der Waals surface area contributed by atoms with E-state index in [1.165, 1.54) is 18.3 Å². The Morgan fingerprint density at radius 3 is 2.16 bits per heavy atom. The summed E-state index contributed by atoms with van der Waals surface area (Å²) in [7, 11) is 0. The summed E-state index contributed by atoms with van der Waals surface area (Å²) in [5.41, 5.74) is -0.685. The Labute approximate surface area is 180 Å². The topological polar surface area (TPSA) is 71.1 Å². The van der Waals surface area contributed by atoms with Crippen molar-refractivity contribution in [2.24, 2.45) is 0 Å². The first kappa shape index (κ1) is 22.0. The number of hydrogen-bond acceptors (Lipinski definition) is 3. The molecule has 0 aliphatic heterocycles. The van der Waals surface area contributed by atoms with Crippen molar-refractivity contribution >= 4 is 40.9 Å². The van der Waals surface area contributed by atoms with Crippen molar-refractivity contribution < 1.29 is 22.8 Å². The zero-order valence-corrected chi connectivity index (χ0v) is 16.5.